The van der Waals surface area contributed by atoms with Gasteiger partial charge in [-0.3, -0.25) is 4.79 Å². The van der Waals surface area contributed by atoms with Gasteiger partial charge in [0.25, 0.3) is 0 Å². The molecule has 2 rings (SSSR count). The Bertz CT molecular complexity index is 504. The molecule has 1 aliphatic carbocycles. The number of carbonyl (C=O) groups excluding carboxylic acids is 2. The van der Waals surface area contributed by atoms with E-state index in [-0.39, 0.29) is 11.7 Å². The minimum Gasteiger partial charge on any atom is -0.303 e. The van der Waals surface area contributed by atoms with Crippen LogP contribution < -0.4 is 0 Å². The van der Waals surface area contributed by atoms with Crippen LogP contribution in [0.5, 0.6) is 0 Å². The molecule has 1 aromatic rings. The van der Waals surface area contributed by atoms with Crippen LogP contribution in [0.1, 0.15) is 79.3 Å². The molecule has 2 heteroatoms. The van der Waals surface area contributed by atoms with E-state index in [9.17, 15) is 9.59 Å². The second-order valence-electron chi connectivity index (χ2n) is 6.46. The van der Waals surface area contributed by atoms with Crippen LogP contribution in [-0.4, -0.2) is 12.1 Å². The number of hydrogen-bond donors (Lipinski definition) is 0. The first-order valence-electron chi connectivity index (χ1n) is 8.18. The molecule has 0 N–H and O–H groups in total. The van der Waals surface area contributed by atoms with E-state index in [0.717, 1.165) is 62.4 Å². The number of benzene rings is 1. The van der Waals surface area contributed by atoms with Crippen LogP contribution in [0.4, 0.5) is 0 Å². The molecule has 0 spiro atoms. The number of rotatable bonds is 3. The summed E-state index contributed by atoms with van der Waals surface area (Å²) in [5.41, 5.74) is 3.26. The lowest BCUT2D eigenvalue weighted by Gasteiger charge is -2.19. The van der Waals surface area contributed by atoms with Crippen molar-refractivity contribution >= 4 is 12.1 Å². The van der Waals surface area contributed by atoms with Crippen LogP contribution in [0.2, 0.25) is 0 Å². The summed E-state index contributed by atoms with van der Waals surface area (Å²) in [4.78, 5) is 23.0. The summed E-state index contributed by atoms with van der Waals surface area (Å²) in [5.74, 6) is 0.878. The average molecular weight is 286 g/mol. The first-order valence-corrected chi connectivity index (χ1v) is 8.18. The van der Waals surface area contributed by atoms with Crippen molar-refractivity contribution in [1.29, 1.82) is 0 Å². The zero-order chi connectivity index (χ0) is 15.2. The Morgan fingerprint density at radius 3 is 2.48 bits per heavy atom. The molecule has 0 heterocycles. The van der Waals surface area contributed by atoms with Crippen molar-refractivity contribution in [2.45, 2.75) is 64.7 Å². The molecular weight excluding hydrogens is 260 g/mol. The lowest BCUT2D eigenvalue weighted by molar-refractivity contribution is -0.111. The first kappa shape index (κ1) is 15.9. The number of aryl methyl sites for hydroxylation is 1. The molecular formula is C19H26O2. The van der Waals surface area contributed by atoms with E-state index in [1.807, 2.05) is 13.0 Å². The Hall–Kier alpha value is -1.44. The summed E-state index contributed by atoms with van der Waals surface area (Å²) in [5, 5.41) is 0. The molecule has 114 valence electrons. The van der Waals surface area contributed by atoms with Gasteiger partial charge in [0.05, 0.1) is 0 Å². The summed E-state index contributed by atoms with van der Waals surface area (Å²) in [6, 6.07) is 6.28. The Morgan fingerprint density at radius 1 is 1.10 bits per heavy atom. The predicted molar refractivity (Wildman–Crippen MR) is 85.8 cm³/mol. The Kier molecular flexibility index (Phi) is 5.72. The number of hydrogen-bond acceptors (Lipinski definition) is 2. The Morgan fingerprint density at radius 2 is 1.76 bits per heavy atom. The fraction of sp³-hybridized carbons (Fsp3) is 0.579. The van der Waals surface area contributed by atoms with Crippen LogP contribution >= 0.6 is 0 Å². The maximum absolute atomic E-state index is 11.9. The third kappa shape index (κ3) is 4.26. The Balaban J connectivity index is 2.19. The van der Waals surface area contributed by atoms with E-state index in [1.165, 1.54) is 5.56 Å². The second kappa shape index (κ2) is 7.53. The maximum Gasteiger partial charge on any atom is 0.160 e. The van der Waals surface area contributed by atoms with Gasteiger partial charge in [-0.1, -0.05) is 37.0 Å². The summed E-state index contributed by atoms with van der Waals surface area (Å²) in [7, 11) is 0. The van der Waals surface area contributed by atoms with E-state index in [0.29, 0.717) is 5.92 Å². The third-order valence-electron chi connectivity index (χ3n) is 4.73. The predicted octanol–water partition coefficient (Wildman–Crippen LogP) is 4.84. The van der Waals surface area contributed by atoms with Crippen molar-refractivity contribution in [1.82, 2.24) is 0 Å². The van der Waals surface area contributed by atoms with Crippen LogP contribution in [0.15, 0.2) is 18.2 Å². The summed E-state index contributed by atoms with van der Waals surface area (Å²) < 4.78 is 0. The third-order valence-corrected chi connectivity index (χ3v) is 4.73. The molecule has 1 aromatic carbocycles. The van der Waals surface area contributed by atoms with E-state index in [4.69, 9.17) is 0 Å². The summed E-state index contributed by atoms with van der Waals surface area (Å²) in [6.45, 7) is 3.70. The van der Waals surface area contributed by atoms with Gasteiger partial charge >= 0.3 is 0 Å². The molecule has 1 aliphatic rings. The van der Waals surface area contributed by atoms with Gasteiger partial charge in [-0.05, 0) is 57.1 Å². The van der Waals surface area contributed by atoms with Crippen molar-refractivity contribution in [3.05, 3.63) is 34.9 Å². The minimum atomic E-state index is 0.166. The van der Waals surface area contributed by atoms with E-state index < -0.39 is 0 Å². The van der Waals surface area contributed by atoms with Gasteiger partial charge in [0.1, 0.15) is 6.29 Å². The van der Waals surface area contributed by atoms with Crippen molar-refractivity contribution in [3.63, 3.8) is 0 Å². The summed E-state index contributed by atoms with van der Waals surface area (Å²) >= 11 is 0. The molecule has 1 saturated carbocycles. The van der Waals surface area contributed by atoms with Gasteiger partial charge in [-0.2, -0.15) is 0 Å². The molecule has 0 saturated heterocycles. The quantitative estimate of drug-likeness (QED) is 0.588. The average Bonchev–Trinajstić information content (AvgIpc) is 2.58. The lowest BCUT2D eigenvalue weighted by Crippen LogP contribution is -2.07. The number of aldehydes is 1. The lowest BCUT2D eigenvalue weighted by atomic mass is 9.85. The molecule has 2 atom stereocenters. The second-order valence-corrected chi connectivity index (χ2v) is 6.46. The van der Waals surface area contributed by atoms with Gasteiger partial charge in [-0.15, -0.1) is 0 Å². The van der Waals surface area contributed by atoms with Crippen LogP contribution in [0.25, 0.3) is 0 Å². The van der Waals surface area contributed by atoms with Crippen molar-refractivity contribution in [2.24, 2.45) is 5.92 Å². The molecule has 0 amide bonds. The molecule has 2 unspecified atom stereocenters. The van der Waals surface area contributed by atoms with Crippen LogP contribution in [-0.2, 0) is 4.79 Å². The van der Waals surface area contributed by atoms with Gasteiger partial charge in [0, 0.05) is 11.5 Å². The zero-order valence-corrected chi connectivity index (χ0v) is 13.2. The highest BCUT2D eigenvalue weighted by Crippen LogP contribution is 2.33. The highest BCUT2D eigenvalue weighted by molar-refractivity contribution is 5.96. The monoisotopic (exact) mass is 286 g/mol. The molecule has 0 aliphatic heterocycles. The normalized spacial score (nSPS) is 23.7. The van der Waals surface area contributed by atoms with Crippen LogP contribution in [0, 0.1) is 12.8 Å². The molecule has 0 aromatic heterocycles. The van der Waals surface area contributed by atoms with Crippen molar-refractivity contribution < 1.29 is 9.59 Å². The maximum atomic E-state index is 11.9. The molecule has 21 heavy (non-hydrogen) atoms. The van der Waals surface area contributed by atoms with Crippen LogP contribution in [0.3, 0.4) is 0 Å². The fourth-order valence-corrected chi connectivity index (χ4v) is 3.49. The largest absolute Gasteiger partial charge is 0.303 e. The number of ketones is 1. The van der Waals surface area contributed by atoms with Gasteiger partial charge in [0.2, 0.25) is 0 Å². The molecule has 2 nitrogen and oxygen atoms in total. The highest BCUT2D eigenvalue weighted by Gasteiger charge is 2.20. The first-order chi connectivity index (χ1) is 10.1. The van der Waals surface area contributed by atoms with E-state index in [1.54, 1.807) is 6.92 Å². The van der Waals surface area contributed by atoms with E-state index in [2.05, 4.69) is 12.1 Å². The van der Waals surface area contributed by atoms with Gasteiger partial charge < -0.3 is 4.79 Å². The zero-order valence-electron chi connectivity index (χ0n) is 13.2. The number of Topliss-reactive ketones (excluding diaryl/α,β-unsaturated/α-hetero) is 1. The smallest absolute Gasteiger partial charge is 0.160 e. The minimum absolute atomic E-state index is 0.166. The van der Waals surface area contributed by atoms with Gasteiger partial charge in [0.15, 0.2) is 5.78 Å². The molecule has 0 radical (unpaired) electrons. The summed E-state index contributed by atoms with van der Waals surface area (Å²) in [6.07, 6.45) is 8.75. The van der Waals surface area contributed by atoms with E-state index >= 15 is 0 Å². The topological polar surface area (TPSA) is 34.1 Å². The SMILES string of the molecule is CC(=O)c1cc(C)ccc1C1CCCCC(C=O)CCC1. The molecule has 0 bridgehead atoms. The van der Waals surface area contributed by atoms with Crippen molar-refractivity contribution in [2.75, 3.05) is 0 Å². The Labute approximate surface area is 127 Å². The standard InChI is InChI=1S/C19H26O2/c1-14-10-11-18(19(12-14)15(2)21)17-8-4-3-6-16(13-20)7-5-9-17/h10-13,16-17H,3-9H2,1-2H3. The van der Waals surface area contributed by atoms with Gasteiger partial charge in [-0.25, -0.2) is 0 Å². The fourth-order valence-electron chi connectivity index (χ4n) is 3.49. The molecule has 1 fully saturated rings. The van der Waals surface area contributed by atoms with Crippen molar-refractivity contribution in [3.8, 4) is 0 Å². The highest BCUT2D eigenvalue weighted by atomic mass is 16.1. The number of carbonyl (C=O) groups is 2.